The lowest BCUT2D eigenvalue weighted by atomic mass is 9.50. The Kier molecular flexibility index (Phi) is 4.36. The maximum absolute atomic E-state index is 5.80. The summed E-state index contributed by atoms with van der Waals surface area (Å²) in [6, 6.07) is 0. The quantitative estimate of drug-likeness (QED) is 0.486. The van der Waals surface area contributed by atoms with Gasteiger partial charge in [0.1, 0.15) is 0 Å². The van der Waals surface area contributed by atoms with Crippen LogP contribution in [0.3, 0.4) is 0 Å². The minimum atomic E-state index is -0.289. The number of fused-ring (bicyclic) bond motifs is 5. The zero-order chi connectivity index (χ0) is 16.9. The Morgan fingerprint density at radius 1 is 0.917 bits per heavy atom. The fraction of sp³-hybridized carbons (Fsp3) is 0.909. The standard InChI is InChI=1S/C22H36O2/c1-5-16-7-9-20-19-8-6-15-14-22(23-3,24-4)13-11-17(15)18(19)10-12-21(16,20)2/h5,15,17-20H,6-14H2,1-4H3/t15-,17+,18?,19?,20?,21-/m1/s1. The molecule has 4 fully saturated rings. The third-order valence-corrected chi connectivity index (χ3v) is 8.89. The fourth-order valence-electron chi connectivity index (χ4n) is 7.60. The highest BCUT2D eigenvalue weighted by atomic mass is 16.7. The van der Waals surface area contributed by atoms with Crippen molar-refractivity contribution in [2.75, 3.05) is 14.2 Å². The van der Waals surface area contributed by atoms with Crippen molar-refractivity contribution in [2.24, 2.45) is 35.0 Å². The third-order valence-electron chi connectivity index (χ3n) is 8.89. The van der Waals surface area contributed by atoms with Gasteiger partial charge >= 0.3 is 0 Å². The first-order valence-corrected chi connectivity index (χ1v) is 10.3. The van der Waals surface area contributed by atoms with Crippen molar-refractivity contribution >= 4 is 0 Å². The van der Waals surface area contributed by atoms with Crippen molar-refractivity contribution in [1.29, 1.82) is 0 Å². The van der Waals surface area contributed by atoms with E-state index in [1.54, 1.807) is 5.57 Å². The van der Waals surface area contributed by atoms with Gasteiger partial charge in [-0.3, -0.25) is 0 Å². The molecule has 0 radical (unpaired) electrons. The molecule has 0 bridgehead atoms. The molecule has 0 saturated heterocycles. The van der Waals surface area contributed by atoms with Crippen molar-refractivity contribution < 1.29 is 9.47 Å². The Morgan fingerprint density at radius 2 is 1.67 bits per heavy atom. The summed E-state index contributed by atoms with van der Waals surface area (Å²) >= 11 is 0. The molecular formula is C22H36O2. The van der Waals surface area contributed by atoms with Gasteiger partial charge in [0.05, 0.1) is 0 Å². The third kappa shape index (κ3) is 2.35. The van der Waals surface area contributed by atoms with Crippen molar-refractivity contribution in [1.82, 2.24) is 0 Å². The predicted octanol–water partition coefficient (Wildman–Crippen LogP) is 5.57. The van der Waals surface area contributed by atoms with E-state index >= 15 is 0 Å². The van der Waals surface area contributed by atoms with Crippen LogP contribution >= 0.6 is 0 Å². The van der Waals surface area contributed by atoms with Crippen LogP contribution in [-0.2, 0) is 9.47 Å². The van der Waals surface area contributed by atoms with Crippen LogP contribution in [0, 0.1) is 35.0 Å². The minimum Gasteiger partial charge on any atom is -0.353 e. The number of methoxy groups -OCH3 is 2. The smallest absolute Gasteiger partial charge is 0.167 e. The maximum Gasteiger partial charge on any atom is 0.167 e. The topological polar surface area (TPSA) is 18.5 Å². The van der Waals surface area contributed by atoms with E-state index < -0.39 is 0 Å². The molecule has 2 heteroatoms. The molecule has 4 saturated carbocycles. The Morgan fingerprint density at radius 3 is 2.38 bits per heavy atom. The van der Waals surface area contributed by atoms with Crippen molar-refractivity contribution in [2.45, 2.75) is 77.4 Å². The van der Waals surface area contributed by atoms with Crippen molar-refractivity contribution in [3.63, 3.8) is 0 Å². The van der Waals surface area contributed by atoms with E-state index in [1.165, 1.54) is 44.9 Å². The molecule has 4 aliphatic carbocycles. The SMILES string of the molecule is CC=C1CCC2C3CC[C@@H]4CC(OC)(OC)CC[C@@H]4C3CC[C@]12C. The average molecular weight is 333 g/mol. The molecule has 0 aromatic rings. The van der Waals surface area contributed by atoms with Crippen LogP contribution in [0.1, 0.15) is 71.6 Å². The van der Waals surface area contributed by atoms with Gasteiger partial charge in [-0.15, -0.1) is 0 Å². The first-order chi connectivity index (χ1) is 11.6. The van der Waals surface area contributed by atoms with Crippen LogP contribution in [0.5, 0.6) is 0 Å². The second-order valence-corrected chi connectivity index (χ2v) is 9.31. The molecule has 0 heterocycles. The summed E-state index contributed by atoms with van der Waals surface area (Å²) in [6.07, 6.45) is 14.5. The van der Waals surface area contributed by atoms with E-state index in [0.29, 0.717) is 5.41 Å². The Bertz CT molecular complexity index is 506. The second kappa shape index (κ2) is 6.13. The Hall–Kier alpha value is -0.340. The van der Waals surface area contributed by atoms with E-state index in [-0.39, 0.29) is 5.79 Å². The molecule has 0 aromatic carbocycles. The first-order valence-electron chi connectivity index (χ1n) is 10.3. The molecule has 0 spiro atoms. The molecule has 4 aliphatic rings. The summed E-state index contributed by atoms with van der Waals surface area (Å²) in [6.45, 7) is 4.85. The molecule has 3 unspecified atom stereocenters. The van der Waals surface area contributed by atoms with Crippen LogP contribution in [0.2, 0.25) is 0 Å². The number of rotatable bonds is 2. The Balaban J connectivity index is 1.54. The van der Waals surface area contributed by atoms with Gasteiger partial charge in [0.25, 0.3) is 0 Å². The second-order valence-electron chi connectivity index (χ2n) is 9.31. The first kappa shape index (κ1) is 17.1. The van der Waals surface area contributed by atoms with E-state index in [4.69, 9.17) is 9.47 Å². The molecule has 0 aliphatic heterocycles. The molecule has 6 atom stereocenters. The molecule has 0 aromatic heterocycles. The predicted molar refractivity (Wildman–Crippen MR) is 97.6 cm³/mol. The monoisotopic (exact) mass is 332 g/mol. The van der Waals surface area contributed by atoms with Crippen LogP contribution in [0.15, 0.2) is 11.6 Å². The summed E-state index contributed by atoms with van der Waals surface area (Å²) in [5.41, 5.74) is 2.30. The maximum atomic E-state index is 5.80. The zero-order valence-electron chi connectivity index (χ0n) is 16.1. The average Bonchev–Trinajstić information content (AvgIpc) is 2.97. The number of allylic oxidation sites excluding steroid dienone is 2. The summed E-state index contributed by atoms with van der Waals surface area (Å²) in [4.78, 5) is 0. The van der Waals surface area contributed by atoms with Gasteiger partial charge in [-0.1, -0.05) is 18.6 Å². The van der Waals surface area contributed by atoms with E-state index in [1.807, 2.05) is 14.2 Å². The van der Waals surface area contributed by atoms with Gasteiger partial charge in [-0.2, -0.15) is 0 Å². The molecule has 4 rings (SSSR count). The number of ether oxygens (including phenoxy) is 2. The van der Waals surface area contributed by atoms with Crippen LogP contribution in [0.4, 0.5) is 0 Å². The van der Waals surface area contributed by atoms with Crippen LogP contribution in [-0.4, -0.2) is 20.0 Å². The normalized spacial score (nSPS) is 48.7. The highest BCUT2D eigenvalue weighted by molar-refractivity contribution is 5.23. The van der Waals surface area contributed by atoms with E-state index in [9.17, 15) is 0 Å². The summed E-state index contributed by atoms with van der Waals surface area (Å²) < 4.78 is 11.6. The highest BCUT2D eigenvalue weighted by Crippen LogP contribution is 2.64. The number of hydrogen-bond acceptors (Lipinski definition) is 2. The van der Waals surface area contributed by atoms with E-state index in [2.05, 4.69) is 19.9 Å². The van der Waals surface area contributed by atoms with Crippen LogP contribution in [0.25, 0.3) is 0 Å². The lowest BCUT2D eigenvalue weighted by Gasteiger charge is -2.56. The lowest BCUT2D eigenvalue weighted by molar-refractivity contribution is -0.246. The van der Waals surface area contributed by atoms with Crippen molar-refractivity contribution in [3.8, 4) is 0 Å². The van der Waals surface area contributed by atoms with Crippen molar-refractivity contribution in [3.05, 3.63) is 11.6 Å². The van der Waals surface area contributed by atoms with E-state index in [0.717, 1.165) is 42.4 Å². The minimum absolute atomic E-state index is 0.289. The van der Waals surface area contributed by atoms with Crippen LogP contribution < -0.4 is 0 Å². The summed E-state index contributed by atoms with van der Waals surface area (Å²) in [5.74, 6) is 4.39. The molecule has 136 valence electrons. The lowest BCUT2D eigenvalue weighted by Crippen LogP contribution is -2.51. The van der Waals surface area contributed by atoms with Gasteiger partial charge in [0.15, 0.2) is 5.79 Å². The molecule has 24 heavy (non-hydrogen) atoms. The highest BCUT2D eigenvalue weighted by Gasteiger charge is 2.56. The zero-order valence-corrected chi connectivity index (χ0v) is 16.1. The van der Waals surface area contributed by atoms with Gasteiger partial charge in [0, 0.05) is 27.1 Å². The molecule has 0 N–H and O–H groups in total. The Labute approximate surface area is 148 Å². The largest absolute Gasteiger partial charge is 0.353 e. The van der Waals surface area contributed by atoms with Gasteiger partial charge in [-0.05, 0) is 86.9 Å². The summed E-state index contributed by atoms with van der Waals surface area (Å²) in [7, 11) is 3.66. The van der Waals surface area contributed by atoms with Gasteiger partial charge < -0.3 is 9.47 Å². The molecular weight excluding hydrogens is 296 g/mol. The van der Waals surface area contributed by atoms with Gasteiger partial charge in [0.2, 0.25) is 0 Å². The fourth-order valence-corrected chi connectivity index (χ4v) is 7.60. The molecule has 0 amide bonds. The van der Waals surface area contributed by atoms with Gasteiger partial charge in [-0.25, -0.2) is 0 Å². The molecule has 2 nitrogen and oxygen atoms in total. The summed E-state index contributed by atoms with van der Waals surface area (Å²) in [5, 5.41) is 0. The number of hydrogen-bond donors (Lipinski definition) is 0.